The van der Waals surface area contributed by atoms with Crippen molar-refractivity contribution in [3.05, 3.63) is 60.2 Å². The first-order chi connectivity index (χ1) is 13.3. The molecule has 0 bridgehead atoms. The molecule has 3 heterocycles. The lowest BCUT2D eigenvalue weighted by Gasteiger charge is -2.33. The molecule has 0 radical (unpaired) electrons. The van der Waals surface area contributed by atoms with Gasteiger partial charge < -0.3 is 9.72 Å². The molecule has 4 aromatic rings. The van der Waals surface area contributed by atoms with E-state index in [0.717, 1.165) is 41.0 Å². The summed E-state index contributed by atoms with van der Waals surface area (Å²) in [6.07, 6.45) is 5.91. The number of rotatable bonds is 5. The summed E-state index contributed by atoms with van der Waals surface area (Å²) < 4.78 is 7.46. The minimum Gasteiger partial charge on any atom is -0.461 e. The van der Waals surface area contributed by atoms with Gasteiger partial charge in [0.05, 0.1) is 11.7 Å². The smallest absolute Gasteiger partial charge is 0.306 e. The Kier molecular flexibility index (Phi) is 3.85. The number of aromatic amines is 1. The molecule has 7 heteroatoms. The normalized spacial score (nSPS) is 19.3. The van der Waals surface area contributed by atoms with Crippen molar-refractivity contribution >= 4 is 22.8 Å². The van der Waals surface area contributed by atoms with Crippen molar-refractivity contribution in [2.75, 3.05) is 0 Å². The van der Waals surface area contributed by atoms with Crippen LogP contribution in [0.4, 0.5) is 0 Å². The minimum atomic E-state index is -0.134. The third-order valence-electron chi connectivity index (χ3n) is 5.27. The van der Waals surface area contributed by atoms with Crippen LogP contribution in [0, 0.1) is 5.92 Å². The number of aromatic nitrogens is 5. The summed E-state index contributed by atoms with van der Waals surface area (Å²) in [5.41, 5.74) is 3.57. The summed E-state index contributed by atoms with van der Waals surface area (Å²) in [7, 11) is 0. The predicted molar refractivity (Wildman–Crippen MR) is 99.0 cm³/mol. The Hall–Kier alpha value is -3.22. The number of esters is 1. The van der Waals surface area contributed by atoms with Crippen molar-refractivity contribution in [1.29, 1.82) is 0 Å². The molecule has 5 rings (SSSR count). The van der Waals surface area contributed by atoms with Gasteiger partial charge in [0.15, 0.2) is 11.3 Å². The second-order valence-electron chi connectivity index (χ2n) is 7.11. The summed E-state index contributed by atoms with van der Waals surface area (Å²) in [5, 5.41) is 8.62. The number of benzene rings is 1. The number of hydrogen-bond donors (Lipinski definition) is 1. The first-order valence-electron chi connectivity index (χ1n) is 9.14. The van der Waals surface area contributed by atoms with Crippen LogP contribution in [0.1, 0.15) is 36.6 Å². The second-order valence-corrected chi connectivity index (χ2v) is 7.11. The number of carbonyl (C=O) groups excluding carboxylic acids is 1. The SMILES string of the molecule is O=C(CC1CC(c2nnc3cnc4[nH]ccc4n23)C1)OCc1ccccc1. The Morgan fingerprint density at radius 1 is 1.19 bits per heavy atom. The van der Waals surface area contributed by atoms with Crippen LogP contribution in [-0.4, -0.2) is 30.5 Å². The fraction of sp³-hybridized carbons (Fsp3) is 0.300. The molecule has 27 heavy (non-hydrogen) atoms. The molecule has 136 valence electrons. The number of fused-ring (bicyclic) bond motifs is 3. The van der Waals surface area contributed by atoms with Gasteiger partial charge in [-0.3, -0.25) is 9.20 Å². The second kappa shape index (κ2) is 6.50. The van der Waals surface area contributed by atoms with Crippen LogP contribution in [0.15, 0.2) is 48.8 Å². The number of H-pyrrole nitrogens is 1. The van der Waals surface area contributed by atoms with Crippen molar-refractivity contribution in [2.24, 2.45) is 5.92 Å². The predicted octanol–water partition coefficient (Wildman–Crippen LogP) is 3.23. The van der Waals surface area contributed by atoms with Gasteiger partial charge in [0.2, 0.25) is 0 Å². The first kappa shape index (κ1) is 16.0. The number of carbonyl (C=O) groups is 1. The third kappa shape index (κ3) is 2.95. The van der Waals surface area contributed by atoms with Crippen LogP contribution in [-0.2, 0) is 16.1 Å². The van der Waals surface area contributed by atoms with Crippen molar-refractivity contribution in [3.8, 4) is 0 Å². The number of ether oxygens (including phenoxy) is 1. The molecule has 0 atom stereocenters. The fourth-order valence-corrected chi connectivity index (χ4v) is 3.81. The van der Waals surface area contributed by atoms with Gasteiger partial charge in [-0.1, -0.05) is 30.3 Å². The van der Waals surface area contributed by atoms with E-state index in [1.165, 1.54) is 0 Å². The highest BCUT2D eigenvalue weighted by molar-refractivity contribution is 5.74. The standard InChI is InChI=1S/C20H19N5O2/c26-18(27-12-13-4-2-1-3-5-13)10-14-8-15(9-14)20-24-23-17-11-22-19-16(25(17)20)6-7-21-19/h1-7,11,14-15,21H,8-10,12H2. The van der Waals surface area contributed by atoms with Crippen molar-refractivity contribution in [1.82, 2.24) is 24.6 Å². The zero-order valence-corrected chi connectivity index (χ0v) is 14.7. The van der Waals surface area contributed by atoms with E-state index >= 15 is 0 Å². The molecule has 1 N–H and O–H groups in total. The number of hydrogen-bond acceptors (Lipinski definition) is 5. The molecular formula is C20H19N5O2. The molecule has 1 aliphatic carbocycles. The molecule has 0 spiro atoms. The molecule has 3 aromatic heterocycles. The van der Waals surface area contributed by atoms with E-state index in [4.69, 9.17) is 4.74 Å². The topological polar surface area (TPSA) is 85.2 Å². The van der Waals surface area contributed by atoms with Crippen molar-refractivity contribution < 1.29 is 9.53 Å². The maximum atomic E-state index is 12.1. The number of nitrogens with one attached hydrogen (secondary N) is 1. The van der Waals surface area contributed by atoms with Gasteiger partial charge in [0.25, 0.3) is 0 Å². The lowest BCUT2D eigenvalue weighted by Crippen LogP contribution is -2.26. The number of nitrogens with zero attached hydrogens (tertiary/aromatic N) is 4. The van der Waals surface area contributed by atoms with Crippen LogP contribution >= 0.6 is 0 Å². The molecule has 7 nitrogen and oxygen atoms in total. The van der Waals surface area contributed by atoms with E-state index in [0.29, 0.717) is 24.9 Å². The molecular weight excluding hydrogens is 342 g/mol. The van der Waals surface area contributed by atoms with Gasteiger partial charge in [-0.15, -0.1) is 10.2 Å². The van der Waals surface area contributed by atoms with Gasteiger partial charge in [-0.25, -0.2) is 4.98 Å². The lowest BCUT2D eigenvalue weighted by atomic mass is 9.73. The highest BCUT2D eigenvalue weighted by Gasteiger charge is 2.35. The molecule has 1 aliphatic rings. The average Bonchev–Trinajstić information content (AvgIpc) is 3.29. The van der Waals surface area contributed by atoms with Gasteiger partial charge in [-0.05, 0) is 30.4 Å². The van der Waals surface area contributed by atoms with Crippen molar-refractivity contribution in [3.63, 3.8) is 0 Å². The van der Waals surface area contributed by atoms with E-state index in [9.17, 15) is 4.79 Å². The Morgan fingerprint density at radius 2 is 2.04 bits per heavy atom. The van der Waals surface area contributed by atoms with Gasteiger partial charge in [0, 0.05) is 18.5 Å². The Labute approximate surface area is 155 Å². The van der Waals surface area contributed by atoms with Crippen LogP contribution in [0.3, 0.4) is 0 Å². The Morgan fingerprint density at radius 3 is 2.89 bits per heavy atom. The fourth-order valence-electron chi connectivity index (χ4n) is 3.81. The van der Waals surface area contributed by atoms with Crippen LogP contribution in [0.5, 0.6) is 0 Å². The van der Waals surface area contributed by atoms with Gasteiger partial charge in [0.1, 0.15) is 12.4 Å². The average molecular weight is 361 g/mol. The van der Waals surface area contributed by atoms with E-state index in [1.54, 1.807) is 6.20 Å². The highest BCUT2D eigenvalue weighted by atomic mass is 16.5. The van der Waals surface area contributed by atoms with Crippen molar-refractivity contribution in [2.45, 2.75) is 31.8 Å². The zero-order valence-electron chi connectivity index (χ0n) is 14.7. The van der Waals surface area contributed by atoms with Crippen LogP contribution in [0.25, 0.3) is 16.8 Å². The summed E-state index contributed by atoms with van der Waals surface area (Å²) in [6, 6.07) is 11.7. The quantitative estimate of drug-likeness (QED) is 0.552. The lowest BCUT2D eigenvalue weighted by molar-refractivity contribution is -0.146. The van der Waals surface area contributed by atoms with Gasteiger partial charge in [-0.2, -0.15) is 0 Å². The Balaban J connectivity index is 1.22. The van der Waals surface area contributed by atoms with E-state index in [-0.39, 0.29) is 5.97 Å². The third-order valence-corrected chi connectivity index (χ3v) is 5.27. The van der Waals surface area contributed by atoms with E-state index in [2.05, 4.69) is 24.6 Å². The summed E-state index contributed by atoms with van der Waals surface area (Å²) >= 11 is 0. The van der Waals surface area contributed by atoms with E-state index < -0.39 is 0 Å². The van der Waals surface area contributed by atoms with Gasteiger partial charge >= 0.3 is 5.97 Å². The monoisotopic (exact) mass is 361 g/mol. The summed E-state index contributed by atoms with van der Waals surface area (Å²) in [4.78, 5) is 19.6. The molecule has 0 unspecified atom stereocenters. The molecule has 1 fully saturated rings. The van der Waals surface area contributed by atoms with Crippen LogP contribution in [0.2, 0.25) is 0 Å². The minimum absolute atomic E-state index is 0.134. The molecule has 0 saturated heterocycles. The molecule has 0 amide bonds. The summed E-state index contributed by atoms with van der Waals surface area (Å²) in [5.74, 6) is 1.47. The zero-order chi connectivity index (χ0) is 18.2. The van der Waals surface area contributed by atoms with Crippen LogP contribution < -0.4 is 0 Å². The highest BCUT2D eigenvalue weighted by Crippen LogP contribution is 2.43. The first-order valence-corrected chi connectivity index (χ1v) is 9.14. The molecule has 1 saturated carbocycles. The van der Waals surface area contributed by atoms with E-state index in [1.807, 2.05) is 42.6 Å². The Bertz CT molecular complexity index is 1100. The molecule has 0 aliphatic heterocycles. The maximum Gasteiger partial charge on any atom is 0.306 e. The largest absolute Gasteiger partial charge is 0.461 e. The summed E-state index contributed by atoms with van der Waals surface area (Å²) in [6.45, 7) is 0.336. The molecule has 1 aromatic carbocycles. The maximum absolute atomic E-state index is 12.1.